The van der Waals surface area contributed by atoms with E-state index in [0.29, 0.717) is 12.1 Å². The number of para-hydroxylation sites is 1. The highest BCUT2D eigenvalue weighted by molar-refractivity contribution is 5.36. The third kappa shape index (κ3) is 4.19. The minimum atomic E-state index is 0.297. The van der Waals surface area contributed by atoms with Crippen LogP contribution in [0.1, 0.15) is 24.4 Å². The number of nitrogens with zero attached hydrogens (tertiary/aromatic N) is 2. The van der Waals surface area contributed by atoms with Gasteiger partial charge < -0.3 is 19.9 Å². The molecular weight excluding hydrogens is 262 g/mol. The van der Waals surface area contributed by atoms with Crippen molar-refractivity contribution in [2.24, 2.45) is 0 Å². The molecule has 0 amide bonds. The van der Waals surface area contributed by atoms with Crippen LogP contribution in [-0.2, 0) is 0 Å². The summed E-state index contributed by atoms with van der Waals surface area (Å²) in [4.78, 5) is 4.92. The molecule has 1 aliphatic heterocycles. The lowest BCUT2D eigenvalue weighted by atomic mass is 10.0. The second-order valence-corrected chi connectivity index (χ2v) is 6.06. The molecule has 2 rings (SSSR count). The first-order valence-electron chi connectivity index (χ1n) is 7.84. The van der Waals surface area contributed by atoms with E-state index in [0.717, 1.165) is 12.3 Å². The minimum Gasteiger partial charge on any atom is -0.496 e. The molecule has 1 saturated heterocycles. The molecule has 1 aromatic rings. The topological polar surface area (TPSA) is 27.7 Å². The molecule has 4 nitrogen and oxygen atoms in total. The number of ether oxygens (including phenoxy) is 1. The summed E-state index contributed by atoms with van der Waals surface area (Å²) >= 11 is 0. The van der Waals surface area contributed by atoms with E-state index in [2.05, 4.69) is 41.3 Å². The van der Waals surface area contributed by atoms with E-state index in [1.807, 2.05) is 19.2 Å². The molecule has 0 saturated carbocycles. The third-order valence-corrected chi connectivity index (χ3v) is 4.64. The summed E-state index contributed by atoms with van der Waals surface area (Å²) in [5, 5.41) is 3.44. The van der Waals surface area contributed by atoms with Crippen LogP contribution in [-0.4, -0.2) is 63.7 Å². The number of piperidine rings is 1. The number of likely N-dealkylation sites (N-methyl/N-ethyl adjacent to an activating group) is 2. The van der Waals surface area contributed by atoms with Crippen molar-refractivity contribution in [1.29, 1.82) is 0 Å². The summed E-state index contributed by atoms with van der Waals surface area (Å²) in [7, 11) is 8.23. The van der Waals surface area contributed by atoms with Gasteiger partial charge in [0.25, 0.3) is 0 Å². The average molecular weight is 291 g/mol. The maximum atomic E-state index is 5.50. The Hall–Kier alpha value is -1.10. The van der Waals surface area contributed by atoms with E-state index in [-0.39, 0.29) is 0 Å². The molecule has 1 unspecified atom stereocenters. The molecule has 0 spiro atoms. The van der Waals surface area contributed by atoms with Gasteiger partial charge in [-0.1, -0.05) is 18.2 Å². The summed E-state index contributed by atoms with van der Waals surface area (Å²) in [6.07, 6.45) is 2.52. The third-order valence-electron chi connectivity index (χ3n) is 4.64. The summed E-state index contributed by atoms with van der Waals surface area (Å²) in [6.45, 7) is 3.41. The van der Waals surface area contributed by atoms with Gasteiger partial charge in [-0.2, -0.15) is 0 Å². The van der Waals surface area contributed by atoms with E-state index in [1.54, 1.807) is 7.11 Å². The van der Waals surface area contributed by atoms with E-state index in [9.17, 15) is 0 Å². The van der Waals surface area contributed by atoms with Crippen LogP contribution in [0, 0.1) is 0 Å². The lowest BCUT2D eigenvalue weighted by Gasteiger charge is -2.37. The highest BCUT2D eigenvalue weighted by atomic mass is 16.5. The Morgan fingerprint density at radius 3 is 2.62 bits per heavy atom. The zero-order chi connectivity index (χ0) is 15.2. The molecule has 21 heavy (non-hydrogen) atoms. The van der Waals surface area contributed by atoms with Crippen LogP contribution in [0.4, 0.5) is 0 Å². The maximum absolute atomic E-state index is 5.50. The molecule has 1 atom stereocenters. The van der Waals surface area contributed by atoms with Crippen molar-refractivity contribution in [1.82, 2.24) is 15.1 Å². The molecule has 118 valence electrons. The van der Waals surface area contributed by atoms with Gasteiger partial charge in [0.1, 0.15) is 5.75 Å². The van der Waals surface area contributed by atoms with Gasteiger partial charge in [-0.3, -0.25) is 0 Å². The number of methoxy groups -OCH3 is 1. The molecule has 1 aliphatic rings. The zero-order valence-corrected chi connectivity index (χ0v) is 13.8. The Labute approximate surface area is 129 Å². The second-order valence-electron chi connectivity index (χ2n) is 6.06. The van der Waals surface area contributed by atoms with Crippen LogP contribution in [0.5, 0.6) is 5.75 Å². The van der Waals surface area contributed by atoms with Gasteiger partial charge in [-0.05, 0) is 53.1 Å². The molecule has 0 aliphatic carbocycles. The van der Waals surface area contributed by atoms with Crippen molar-refractivity contribution in [2.45, 2.75) is 24.9 Å². The fraction of sp³-hybridized carbons (Fsp3) is 0.647. The number of likely N-dealkylation sites (tertiary alicyclic amines) is 1. The van der Waals surface area contributed by atoms with Crippen LogP contribution >= 0.6 is 0 Å². The molecule has 0 aromatic heterocycles. The molecule has 1 heterocycles. The minimum absolute atomic E-state index is 0.297. The number of hydrogen-bond donors (Lipinski definition) is 1. The standard InChI is InChI=1S/C17H29N3O/c1-18-16(15-7-5-6-8-17(15)21-4)13-20(3)14-9-11-19(2)12-10-14/h5-8,14,16,18H,9-13H2,1-4H3. The van der Waals surface area contributed by atoms with E-state index in [1.165, 1.54) is 31.5 Å². The first-order chi connectivity index (χ1) is 10.2. The monoisotopic (exact) mass is 291 g/mol. The first kappa shape index (κ1) is 16.3. The summed E-state index contributed by atoms with van der Waals surface area (Å²) in [6, 6.07) is 9.28. The van der Waals surface area contributed by atoms with Gasteiger partial charge in [0.05, 0.1) is 7.11 Å². The molecule has 0 bridgehead atoms. The maximum Gasteiger partial charge on any atom is 0.123 e. The van der Waals surface area contributed by atoms with Gasteiger partial charge >= 0.3 is 0 Å². The van der Waals surface area contributed by atoms with Crippen LogP contribution in [0.25, 0.3) is 0 Å². The van der Waals surface area contributed by atoms with Crippen molar-refractivity contribution >= 4 is 0 Å². The quantitative estimate of drug-likeness (QED) is 0.867. The van der Waals surface area contributed by atoms with E-state index >= 15 is 0 Å². The predicted octanol–water partition coefficient (Wildman–Crippen LogP) is 1.98. The Kier molecular flexibility index (Phi) is 6.03. The van der Waals surface area contributed by atoms with E-state index < -0.39 is 0 Å². The highest BCUT2D eigenvalue weighted by Gasteiger charge is 2.23. The second kappa shape index (κ2) is 7.78. The smallest absolute Gasteiger partial charge is 0.123 e. The van der Waals surface area contributed by atoms with Gasteiger partial charge in [0, 0.05) is 24.2 Å². The Morgan fingerprint density at radius 2 is 2.00 bits per heavy atom. The largest absolute Gasteiger partial charge is 0.496 e. The van der Waals surface area contributed by atoms with Gasteiger partial charge in [-0.15, -0.1) is 0 Å². The lowest BCUT2D eigenvalue weighted by Crippen LogP contribution is -2.44. The Morgan fingerprint density at radius 1 is 1.33 bits per heavy atom. The zero-order valence-electron chi connectivity index (χ0n) is 13.8. The molecule has 1 fully saturated rings. The van der Waals surface area contributed by atoms with Crippen molar-refractivity contribution in [3.63, 3.8) is 0 Å². The van der Waals surface area contributed by atoms with Gasteiger partial charge in [-0.25, -0.2) is 0 Å². The summed E-state index contributed by atoms with van der Waals surface area (Å²) in [5.74, 6) is 0.966. The highest BCUT2D eigenvalue weighted by Crippen LogP contribution is 2.26. The SMILES string of the molecule is CNC(CN(C)C1CCN(C)CC1)c1ccccc1OC. The van der Waals surface area contributed by atoms with Crippen LogP contribution in [0.15, 0.2) is 24.3 Å². The van der Waals surface area contributed by atoms with Crippen molar-refractivity contribution in [2.75, 3.05) is 47.9 Å². The molecule has 0 radical (unpaired) electrons. The van der Waals surface area contributed by atoms with E-state index in [4.69, 9.17) is 4.74 Å². The first-order valence-corrected chi connectivity index (χ1v) is 7.84. The molecular formula is C17H29N3O. The lowest BCUT2D eigenvalue weighted by molar-refractivity contribution is 0.135. The van der Waals surface area contributed by atoms with Gasteiger partial charge in [0.2, 0.25) is 0 Å². The molecule has 1 aromatic carbocycles. The van der Waals surface area contributed by atoms with Gasteiger partial charge in [0.15, 0.2) is 0 Å². The van der Waals surface area contributed by atoms with Crippen LogP contribution in [0.3, 0.4) is 0 Å². The molecule has 4 heteroatoms. The Balaban J connectivity index is 2.01. The number of hydrogen-bond acceptors (Lipinski definition) is 4. The fourth-order valence-corrected chi connectivity index (χ4v) is 3.17. The van der Waals surface area contributed by atoms with Crippen molar-refractivity contribution < 1.29 is 4.74 Å². The summed E-state index contributed by atoms with van der Waals surface area (Å²) in [5.41, 5.74) is 1.24. The van der Waals surface area contributed by atoms with Crippen LogP contribution in [0.2, 0.25) is 0 Å². The fourth-order valence-electron chi connectivity index (χ4n) is 3.17. The van der Waals surface area contributed by atoms with Crippen LogP contribution < -0.4 is 10.1 Å². The predicted molar refractivity (Wildman–Crippen MR) is 87.9 cm³/mol. The van der Waals surface area contributed by atoms with Crippen molar-refractivity contribution in [3.8, 4) is 5.75 Å². The number of benzene rings is 1. The number of nitrogens with one attached hydrogen (secondary N) is 1. The Bertz CT molecular complexity index is 430. The number of rotatable bonds is 6. The average Bonchev–Trinajstić information content (AvgIpc) is 2.53. The summed E-state index contributed by atoms with van der Waals surface area (Å²) < 4.78 is 5.50. The van der Waals surface area contributed by atoms with Crippen molar-refractivity contribution in [3.05, 3.63) is 29.8 Å². The molecule has 1 N–H and O–H groups in total. The normalized spacial score (nSPS) is 18.9.